The van der Waals surface area contributed by atoms with E-state index in [1.54, 1.807) is 0 Å². The molecule has 0 amide bonds. The quantitative estimate of drug-likeness (QED) is 0.915. The molecule has 0 aliphatic carbocycles. The van der Waals surface area contributed by atoms with Crippen molar-refractivity contribution < 1.29 is 4.74 Å². The van der Waals surface area contributed by atoms with E-state index < -0.39 is 0 Å². The van der Waals surface area contributed by atoms with Crippen molar-refractivity contribution in [3.8, 4) is 5.75 Å². The molecule has 1 aliphatic heterocycles. The summed E-state index contributed by atoms with van der Waals surface area (Å²) < 4.78 is 7.36. The standard InChI is InChI=1S/C15H19N3O/c1-3-13(16-15-6-8-18(2)17-15)11-4-5-14-12(10-11)7-9-19-14/h4-6,8,10,13H,3,7,9H2,1-2H3,(H,16,17). The van der Waals surface area contributed by atoms with Gasteiger partial charge in [-0.15, -0.1) is 0 Å². The number of nitrogens with one attached hydrogen (secondary N) is 1. The molecule has 1 aromatic carbocycles. The topological polar surface area (TPSA) is 39.1 Å². The molecule has 0 bridgehead atoms. The lowest BCUT2D eigenvalue weighted by molar-refractivity contribution is 0.357. The molecule has 0 saturated heterocycles. The first-order valence-corrected chi connectivity index (χ1v) is 6.78. The number of aromatic nitrogens is 2. The minimum Gasteiger partial charge on any atom is -0.493 e. The van der Waals surface area contributed by atoms with E-state index in [1.807, 2.05) is 24.0 Å². The highest BCUT2D eigenvalue weighted by Crippen LogP contribution is 2.30. The smallest absolute Gasteiger partial charge is 0.148 e. The van der Waals surface area contributed by atoms with Gasteiger partial charge in [-0.25, -0.2) is 0 Å². The summed E-state index contributed by atoms with van der Waals surface area (Å²) in [5.41, 5.74) is 2.62. The lowest BCUT2D eigenvalue weighted by atomic mass is 10.0. The highest BCUT2D eigenvalue weighted by molar-refractivity contribution is 5.43. The second kappa shape index (κ2) is 4.96. The van der Waals surface area contributed by atoms with E-state index in [9.17, 15) is 0 Å². The fourth-order valence-corrected chi connectivity index (χ4v) is 2.51. The van der Waals surface area contributed by atoms with Crippen LogP contribution < -0.4 is 10.1 Å². The lowest BCUT2D eigenvalue weighted by Crippen LogP contribution is -2.10. The van der Waals surface area contributed by atoms with E-state index in [0.717, 1.165) is 31.0 Å². The third-order valence-electron chi connectivity index (χ3n) is 3.56. The first kappa shape index (κ1) is 12.1. The molecule has 0 spiro atoms. The number of benzene rings is 1. The zero-order valence-corrected chi connectivity index (χ0v) is 11.4. The van der Waals surface area contributed by atoms with Gasteiger partial charge in [-0.3, -0.25) is 4.68 Å². The van der Waals surface area contributed by atoms with E-state index in [-0.39, 0.29) is 0 Å². The van der Waals surface area contributed by atoms with Crippen molar-refractivity contribution in [3.63, 3.8) is 0 Å². The summed E-state index contributed by atoms with van der Waals surface area (Å²) in [6, 6.07) is 8.78. The average molecular weight is 257 g/mol. The van der Waals surface area contributed by atoms with Crippen LogP contribution in [0, 0.1) is 0 Å². The van der Waals surface area contributed by atoms with Gasteiger partial charge in [0.1, 0.15) is 11.6 Å². The molecule has 1 aromatic heterocycles. The summed E-state index contributed by atoms with van der Waals surface area (Å²) >= 11 is 0. The summed E-state index contributed by atoms with van der Waals surface area (Å²) in [7, 11) is 1.93. The molecule has 2 heterocycles. The second-order valence-electron chi connectivity index (χ2n) is 4.95. The predicted octanol–water partition coefficient (Wildman–Crippen LogP) is 2.92. The van der Waals surface area contributed by atoms with E-state index >= 15 is 0 Å². The van der Waals surface area contributed by atoms with Gasteiger partial charge in [0.05, 0.1) is 12.6 Å². The second-order valence-corrected chi connectivity index (χ2v) is 4.95. The van der Waals surface area contributed by atoms with E-state index in [1.165, 1.54) is 11.1 Å². The Hall–Kier alpha value is -1.97. The van der Waals surface area contributed by atoms with Crippen LogP contribution in [0.1, 0.15) is 30.5 Å². The number of hydrogen-bond acceptors (Lipinski definition) is 3. The molecule has 2 aromatic rings. The maximum absolute atomic E-state index is 5.55. The van der Waals surface area contributed by atoms with Crippen molar-refractivity contribution >= 4 is 5.82 Å². The van der Waals surface area contributed by atoms with Crippen LogP contribution in [0.3, 0.4) is 0 Å². The van der Waals surface area contributed by atoms with E-state index in [2.05, 4.69) is 35.5 Å². The zero-order chi connectivity index (χ0) is 13.2. The van der Waals surface area contributed by atoms with Crippen molar-refractivity contribution in [1.82, 2.24) is 9.78 Å². The molecule has 19 heavy (non-hydrogen) atoms. The third kappa shape index (κ3) is 2.43. The van der Waals surface area contributed by atoms with Gasteiger partial charge < -0.3 is 10.1 Å². The van der Waals surface area contributed by atoms with Crippen molar-refractivity contribution in [2.45, 2.75) is 25.8 Å². The van der Waals surface area contributed by atoms with Crippen LogP contribution in [0.5, 0.6) is 5.75 Å². The van der Waals surface area contributed by atoms with Crippen molar-refractivity contribution in [2.24, 2.45) is 7.05 Å². The van der Waals surface area contributed by atoms with Crippen molar-refractivity contribution in [1.29, 1.82) is 0 Å². The van der Waals surface area contributed by atoms with Crippen LogP contribution >= 0.6 is 0 Å². The largest absolute Gasteiger partial charge is 0.493 e. The third-order valence-corrected chi connectivity index (χ3v) is 3.56. The van der Waals surface area contributed by atoms with Gasteiger partial charge in [0.2, 0.25) is 0 Å². The molecule has 0 saturated carbocycles. The molecular weight excluding hydrogens is 238 g/mol. The number of fused-ring (bicyclic) bond motifs is 1. The van der Waals surface area contributed by atoms with Crippen molar-refractivity contribution in [3.05, 3.63) is 41.6 Å². The van der Waals surface area contributed by atoms with Crippen molar-refractivity contribution in [2.75, 3.05) is 11.9 Å². The van der Waals surface area contributed by atoms with Crippen LogP contribution in [0.2, 0.25) is 0 Å². The molecule has 0 radical (unpaired) electrons. The Balaban J connectivity index is 1.82. The molecule has 1 N–H and O–H groups in total. The SMILES string of the molecule is CCC(Nc1ccn(C)n1)c1ccc2c(c1)CCO2. The molecular formula is C15H19N3O. The molecule has 1 atom stereocenters. The molecule has 0 fully saturated rings. The minimum absolute atomic E-state index is 0.292. The van der Waals surface area contributed by atoms with Gasteiger partial charge in [-0.1, -0.05) is 13.0 Å². The summed E-state index contributed by atoms with van der Waals surface area (Å²) in [5.74, 6) is 1.96. The van der Waals surface area contributed by atoms with Gasteiger partial charge in [-0.2, -0.15) is 5.10 Å². The number of ether oxygens (including phenoxy) is 1. The Kier molecular flexibility index (Phi) is 3.15. The maximum atomic E-state index is 5.55. The Morgan fingerprint density at radius 3 is 3.05 bits per heavy atom. The predicted molar refractivity (Wildman–Crippen MR) is 75.5 cm³/mol. The normalized spacial score (nSPS) is 14.8. The van der Waals surface area contributed by atoms with Gasteiger partial charge in [0.15, 0.2) is 0 Å². The van der Waals surface area contributed by atoms with Gasteiger partial charge >= 0.3 is 0 Å². The Bertz CT molecular complexity index is 577. The number of hydrogen-bond donors (Lipinski definition) is 1. The van der Waals surface area contributed by atoms with Gasteiger partial charge in [0, 0.05) is 25.7 Å². The molecule has 1 aliphatic rings. The van der Waals surface area contributed by atoms with Gasteiger partial charge in [0.25, 0.3) is 0 Å². The zero-order valence-electron chi connectivity index (χ0n) is 11.4. The summed E-state index contributed by atoms with van der Waals surface area (Å²) in [6.45, 7) is 2.99. The number of aryl methyl sites for hydroxylation is 1. The number of rotatable bonds is 4. The molecule has 1 unspecified atom stereocenters. The lowest BCUT2D eigenvalue weighted by Gasteiger charge is -2.17. The fourth-order valence-electron chi connectivity index (χ4n) is 2.51. The molecule has 4 heteroatoms. The monoisotopic (exact) mass is 257 g/mol. The summed E-state index contributed by atoms with van der Waals surface area (Å²) in [5, 5.41) is 7.86. The van der Waals surface area contributed by atoms with Gasteiger partial charge in [-0.05, 0) is 29.7 Å². The highest BCUT2D eigenvalue weighted by Gasteiger charge is 2.16. The Morgan fingerprint density at radius 2 is 2.32 bits per heavy atom. The number of anilines is 1. The average Bonchev–Trinajstić information content (AvgIpc) is 3.03. The highest BCUT2D eigenvalue weighted by atomic mass is 16.5. The molecule has 100 valence electrons. The first-order chi connectivity index (χ1) is 9.26. The first-order valence-electron chi connectivity index (χ1n) is 6.78. The van der Waals surface area contributed by atoms with Crippen LogP contribution in [-0.4, -0.2) is 16.4 Å². The molecule has 4 nitrogen and oxygen atoms in total. The van der Waals surface area contributed by atoms with Crippen LogP contribution in [-0.2, 0) is 13.5 Å². The van der Waals surface area contributed by atoms with Crippen LogP contribution in [0.25, 0.3) is 0 Å². The Morgan fingerprint density at radius 1 is 1.42 bits per heavy atom. The minimum atomic E-state index is 0.292. The Labute approximate surface area is 113 Å². The summed E-state index contributed by atoms with van der Waals surface area (Å²) in [4.78, 5) is 0. The fraction of sp³-hybridized carbons (Fsp3) is 0.400. The van der Waals surface area contributed by atoms with Crippen LogP contribution in [0.4, 0.5) is 5.82 Å². The van der Waals surface area contributed by atoms with E-state index in [0.29, 0.717) is 6.04 Å². The maximum Gasteiger partial charge on any atom is 0.148 e. The van der Waals surface area contributed by atoms with Crippen LogP contribution in [0.15, 0.2) is 30.5 Å². The summed E-state index contributed by atoms with van der Waals surface area (Å²) in [6.07, 6.45) is 3.99. The molecule has 3 rings (SSSR count). The van der Waals surface area contributed by atoms with E-state index in [4.69, 9.17) is 4.74 Å². The number of nitrogens with zero attached hydrogens (tertiary/aromatic N) is 2.